The minimum absolute atomic E-state index is 0.0101. The van der Waals surface area contributed by atoms with Gasteiger partial charge in [-0.05, 0) is 62.3 Å². The maximum Gasteiger partial charge on any atom is 0.329 e. The highest BCUT2D eigenvalue weighted by Crippen LogP contribution is 2.45. The highest BCUT2D eigenvalue weighted by Gasteiger charge is 2.31. The van der Waals surface area contributed by atoms with Gasteiger partial charge in [0.05, 0.1) is 18.1 Å². The number of fused-ring (bicyclic) bond motifs is 2. The molecule has 5 rings (SSSR count). The highest BCUT2D eigenvalue weighted by atomic mass is 32.1. The monoisotopic (exact) mass is 415 g/mol. The quantitative estimate of drug-likeness (QED) is 0.686. The SMILES string of the molecule is COc1c(-c2cc3c(s2)CCC(CN)C3)c(F)cc2c(=O)[nH]c(=O)n(C3CC3)c12. The number of aryl methyl sites for hydroxylation is 1. The van der Waals surface area contributed by atoms with E-state index in [0.29, 0.717) is 23.5 Å². The van der Waals surface area contributed by atoms with Crippen LogP contribution in [0.25, 0.3) is 21.3 Å². The van der Waals surface area contributed by atoms with E-state index >= 15 is 4.39 Å². The Morgan fingerprint density at radius 2 is 2.10 bits per heavy atom. The molecule has 3 N–H and O–H groups in total. The minimum Gasteiger partial charge on any atom is -0.494 e. The van der Waals surface area contributed by atoms with Crippen LogP contribution in [-0.2, 0) is 12.8 Å². The van der Waals surface area contributed by atoms with E-state index in [9.17, 15) is 9.59 Å². The third kappa shape index (κ3) is 2.93. The van der Waals surface area contributed by atoms with Crippen LogP contribution in [0.3, 0.4) is 0 Å². The van der Waals surface area contributed by atoms with Crippen molar-refractivity contribution in [1.29, 1.82) is 0 Å². The summed E-state index contributed by atoms with van der Waals surface area (Å²) in [5, 5.41) is 0.138. The topological polar surface area (TPSA) is 90.1 Å². The van der Waals surface area contributed by atoms with Crippen LogP contribution in [-0.4, -0.2) is 23.2 Å². The van der Waals surface area contributed by atoms with Crippen molar-refractivity contribution in [1.82, 2.24) is 9.55 Å². The number of aromatic amines is 1. The number of methoxy groups -OCH3 is 1. The van der Waals surface area contributed by atoms with Gasteiger partial charge in [-0.3, -0.25) is 14.3 Å². The van der Waals surface area contributed by atoms with Gasteiger partial charge in [-0.15, -0.1) is 11.3 Å². The molecule has 8 heteroatoms. The Balaban J connectivity index is 1.78. The molecule has 2 aromatic heterocycles. The molecule has 0 spiro atoms. The number of thiophene rings is 1. The number of halogens is 1. The fraction of sp³-hybridized carbons (Fsp3) is 0.429. The molecule has 3 aromatic rings. The molecule has 0 aliphatic heterocycles. The summed E-state index contributed by atoms with van der Waals surface area (Å²) in [4.78, 5) is 29.2. The van der Waals surface area contributed by atoms with Crippen molar-refractivity contribution in [3.63, 3.8) is 0 Å². The van der Waals surface area contributed by atoms with Crippen molar-refractivity contribution in [2.75, 3.05) is 13.7 Å². The van der Waals surface area contributed by atoms with E-state index in [-0.39, 0.29) is 17.2 Å². The van der Waals surface area contributed by atoms with Crippen molar-refractivity contribution >= 4 is 22.2 Å². The average Bonchev–Trinajstić information content (AvgIpc) is 3.45. The van der Waals surface area contributed by atoms with E-state index in [1.54, 1.807) is 15.9 Å². The van der Waals surface area contributed by atoms with Crippen LogP contribution in [0.2, 0.25) is 0 Å². The third-order valence-corrected chi connectivity index (χ3v) is 7.27. The molecule has 0 amide bonds. The summed E-state index contributed by atoms with van der Waals surface area (Å²) in [5.41, 5.74) is 6.69. The summed E-state index contributed by atoms with van der Waals surface area (Å²) < 4.78 is 22.4. The van der Waals surface area contributed by atoms with Gasteiger partial charge in [0, 0.05) is 15.8 Å². The summed E-state index contributed by atoms with van der Waals surface area (Å²) in [6.45, 7) is 0.648. The first kappa shape index (κ1) is 18.6. The molecule has 0 saturated heterocycles. The number of H-pyrrole nitrogens is 1. The second-order valence-corrected chi connectivity index (χ2v) is 9.06. The van der Waals surface area contributed by atoms with E-state index in [1.807, 2.05) is 6.07 Å². The number of nitrogens with one attached hydrogen (secondary N) is 1. The van der Waals surface area contributed by atoms with Crippen LogP contribution in [0, 0.1) is 11.7 Å². The van der Waals surface area contributed by atoms with Crippen LogP contribution in [0.1, 0.15) is 35.7 Å². The van der Waals surface area contributed by atoms with Gasteiger partial charge in [-0.1, -0.05) is 0 Å². The molecule has 0 radical (unpaired) electrons. The van der Waals surface area contributed by atoms with E-state index in [1.165, 1.54) is 23.6 Å². The van der Waals surface area contributed by atoms with Gasteiger partial charge in [0.1, 0.15) is 11.3 Å². The Bertz CT molecular complexity index is 1240. The molecule has 1 aromatic carbocycles. The Morgan fingerprint density at radius 3 is 2.79 bits per heavy atom. The summed E-state index contributed by atoms with van der Waals surface area (Å²) in [6.07, 6.45) is 4.57. The number of nitrogens with two attached hydrogens (primary N) is 1. The van der Waals surface area contributed by atoms with Gasteiger partial charge in [-0.25, -0.2) is 9.18 Å². The van der Waals surface area contributed by atoms with E-state index in [2.05, 4.69) is 4.98 Å². The summed E-state index contributed by atoms with van der Waals surface area (Å²) in [5.74, 6) is 0.186. The Labute approximate surface area is 170 Å². The van der Waals surface area contributed by atoms with E-state index in [4.69, 9.17) is 10.5 Å². The van der Waals surface area contributed by atoms with Crippen LogP contribution in [0.5, 0.6) is 5.75 Å². The fourth-order valence-electron chi connectivity index (χ4n) is 4.39. The Kier molecular flexibility index (Phi) is 4.36. The maximum atomic E-state index is 15.3. The molecular formula is C21H22FN3O3S. The number of benzene rings is 1. The lowest BCUT2D eigenvalue weighted by atomic mass is 9.88. The first-order valence-corrected chi connectivity index (χ1v) is 10.7. The molecule has 2 heterocycles. The standard InChI is InChI=1S/C21H22FN3O3S/c1-28-19-17(16-7-11-6-10(9-23)2-5-15(11)29-16)14(22)8-13-18(19)25(12-3-4-12)21(27)24-20(13)26/h7-8,10,12H,2-6,9,23H2,1H3,(H,24,26,27). The van der Waals surface area contributed by atoms with Crippen LogP contribution < -0.4 is 21.7 Å². The summed E-state index contributed by atoms with van der Waals surface area (Å²) in [6, 6.07) is 3.25. The molecular weight excluding hydrogens is 393 g/mol. The predicted molar refractivity (Wildman–Crippen MR) is 111 cm³/mol. The summed E-state index contributed by atoms with van der Waals surface area (Å²) in [7, 11) is 1.46. The van der Waals surface area contributed by atoms with Crippen molar-refractivity contribution in [3.8, 4) is 16.2 Å². The summed E-state index contributed by atoms with van der Waals surface area (Å²) >= 11 is 1.56. The van der Waals surface area contributed by atoms with Gasteiger partial charge in [0.25, 0.3) is 5.56 Å². The van der Waals surface area contributed by atoms with Crippen LogP contribution in [0.4, 0.5) is 4.39 Å². The van der Waals surface area contributed by atoms with Gasteiger partial charge >= 0.3 is 5.69 Å². The second kappa shape index (κ2) is 6.81. The number of ether oxygens (including phenoxy) is 1. The molecule has 1 unspecified atom stereocenters. The van der Waals surface area contributed by atoms with Crippen molar-refractivity contribution in [2.45, 2.75) is 38.1 Å². The molecule has 29 heavy (non-hydrogen) atoms. The normalized spacial score (nSPS) is 18.8. The number of rotatable bonds is 4. The van der Waals surface area contributed by atoms with Gasteiger partial charge in [0.15, 0.2) is 5.75 Å². The molecule has 1 atom stereocenters. The molecule has 2 aliphatic rings. The van der Waals surface area contributed by atoms with Crippen LogP contribution >= 0.6 is 11.3 Å². The van der Waals surface area contributed by atoms with Crippen molar-refractivity contribution in [3.05, 3.63) is 49.2 Å². The Hall–Kier alpha value is -2.45. The molecule has 6 nitrogen and oxygen atoms in total. The maximum absolute atomic E-state index is 15.3. The van der Waals surface area contributed by atoms with Crippen molar-refractivity contribution in [2.24, 2.45) is 11.7 Å². The molecule has 2 aliphatic carbocycles. The average molecular weight is 415 g/mol. The smallest absolute Gasteiger partial charge is 0.329 e. The third-order valence-electron chi connectivity index (χ3n) is 6.01. The molecule has 0 bridgehead atoms. The minimum atomic E-state index is -0.595. The van der Waals surface area contributed by atoms with Gasteiger partial charge in [-0.2, -0.15) is 0 Å². The zero-order valence-corrected chi connectivity index (χ0v) is 16.9. The van der Waals surface area contributed by atoms with Gasteiger partial charge < -0.3 is 10.5 Å². The number of hydrogen-bond donors (Lipinski definition) is 2. The Morgan fingerprint density at radius 1 is 1.31 bits per heavy atom. The number of aromatic nitrogens is 2. The molecule has 152 valence electrons. The van der Waals surface area contributed by atoms with E-state index < -0.39 is 17.1 Å². The largest absolute Gasteiger partial charge is 0.494 e. The first-order chi connectivity index (χ1) is 14.0. The lowest BCUT2D eigenvalue weighted by Gasteiger charge is -2.19. The van der Waals surface area contributed by atoms with Gasteiger partial charge in [0.2, 0.25) is 0 Å². The highest BCUT2D eigenvalue weighted by molar-refractivity contribution is 7.15. The van der Waals surface area contributed by atoms with Crippen molar-refractivity contribution < 1.29 is 9.13 Å². The first-order valence-electron chi connectivity index (χ1n) is 9.88. The number of nitrogens with zero attached hydrogens (tertiary/aromatic N) is 1. The second-order valence-electron chi connectivity index (χ2n) is 7.93. The fourth-order valence-corrected chi connectivity index (χ4v) is 5.64. The molecule has 1 fully saturated rings. The zero-order chi connectivity index (χ0) is 20.3. The predicted octanol–water partition coefficient (Wildman–Crippen LogP) is 2.96. The lowest BCUT2D eigenvalue weighted by Crippen LogP contribution is -2.30. The van der Waals surface area contributed by atoms with Crippen LogP contribution in [0.15, 0.2) is 21.7 Å². The lowest BCUT2D eigenvalue weighted by molar-refractivity contribution is 0.415. The zero-order valence-electron chi connectivity index (χ0n) is 16.1. The number of hydrogen-bond acceptors (Lipinski definition) is 5. The molecule has 1 saturated carbocycles. The van der Waals surface area contributed by atoms with E-state index in [0.717, 1.165) is 37.0 Å².